The van der Waals surface area contributed by atoms with Crippen molar-refractivity contribution in [3.8, 4) is 5.82 Å². The van der Waals surface area contributed by atoms with Crippen molar-refractivity contribution in [2.45, 2.75) is 6.92 Å². The van der Waals surface area contributed by atoms with Crippen LogP contribution in [0.5, 0.6) is 0 Å². The van der Waals surface area contributed by atoms with Gasteiger partial charge in [-0.05, 0) is 37.3 Å². The maximum atomic E-state index is 12.3. The Labute approximate surface area is 156 Å². The highest BCUT2D eigenvalue weighted by molar-refractivity contribution is 5.91. The normalized spacial score (nSPS) is 14.9. The molecule has 0 aliphatic carbocycles. The topological polar surface area (TPSA) is 80.3 Å². The average molecular weight is 364 g/mol. The maximum Gasteiger partial charge on any atom is 0.246 e. The molecule has 1 aliphatic rings. The van der Waals surface area contributed by atoms with Crippen molar-refractivity contribution in [2.24, 2.45) is 0 Å². The molecule has 138 valence electrons. The van der Waals surface area contributed by atoms with Crippen molar-refractivity contribution in [3.63, 3.8) is 0 Å². The van der Waals surface area contributed by atoms with Gasteiger partial charge in [0.15, 0.2) is 11.6 Å². The van der Waals surface area contributed by atoms with E-state index in [0.29, 0.717) is 18.8 Å². The molecule has 1 aliphatic heterocycles. The summed E-state index contributed by atoms with van der Waals surface area (Å²) in [4.78, 5) is 20.4. The van der Waals surface area contributed by atoms with Crippen molar-refractivity contribution in [1.82, 2.24) is 24.6 Å². The fourth-order valence-electron chi connectivity index (χ4n) is 3.04. The van der Waals surface area contributed by atoms with E-state index in [4.69, 9.17) is 4.42 Å². The molecule has 0 unspecified atom stereocenters. The van der Waals surface area contributed by atoms with Crippen molar-refractivity contribution in [2.75, 3.05) is 31.1 Å². The predicted octanol–water partition coefficient (Wildman–Crippen LogP) is 1.93. The van der Waals surface area contributed by atoms with Gasteiger partial charge < -0.3 is 14.2 Å². The third-order valence-electron chi connectivity index (χ3n) is 4.56. The number of piperazine rings is 1. The van der Waals surface area contributed by atoms with Gasteiger partial charge in [-0.25, -0.2) is 4.98 Å². The molecule has 0 saturated carbocycles. The zero-order valence-corrected chi connectivity index (χ0v) is 15.0. The smallest absolute Gasteiger partial charge is 0.246 e. The average Bonchev–Trinajstić information content (AvgIpc) is 3.38. The first kappa shape index (κ1) is 17.0. The fourth-order valence-corrected chi connectivity index (χ4v) is 3.04. The van der Waals surface area contributed by atoms with Crippen LogP contribution < -0.4 is 4.90 Å². The second kappa shape index (κ2) is 7.45. The third-order valence-corrected chi connectivity index (χ3v) is 4.56. The molecule has 1 fully saturated rings. The van der Waals surface area contributed by atoms with Crippen LogP contribution in [0.1, 0.15) is 11.6 Å². The molecule has 4 rings (SSSR count). The Morgan fingerprint density at radius 3 is 2.52 bits per heavy atom. The molecule has 0 bridgehead atoms. The molecule has 1 amide bonds. The summed E-state index contributed by atoms with van der Waals surface area (Å²) in [6, 6.07) is 7.50. The van der Waals surface area contributed by atoms with E-state index < -0.39 is 0 Å². The van der Waals surface area contributed by atoms with E-state index in [1.807, 2.05) is 40.8 Å². The zero-order chi connectivity index (χ0) is 18.6. The van der Waals surface area contributed by atoms with Crippen LogP contribution in [0.15, 0.2) is 53.4 Å². The SMILES string of the molecule is Cc1nccn1-c1ccc(N2CCN(C(=O)/C=C/c3ccco3)CC2)nn1. The standard InChI is InChI=1S/C19H20N6O2/c1-15-20-8-9-25(15)18-6-5-17(21-22-18)23-10-12-24(13-11-23)19(26)7-4-16-3-2-14-27-16/h2-9,14H,10-13H2,1H3/b7-4+. The summed E-state index contributed by atoms with van der Waals surface area (Å²) in [5.41, 5.74) is 0. The van der Waals surface area contributed by atoms with Crippen LogP contribution in [0.2, 0.25) is 0 Å². The molecule has 27 heavy (non-hydrogen) atoms. The molecule has 1 saturated heterocycles. The van der Waals surface area contributed by atoms with Gasteiger partial charge in [0.05, 0.1) is 6.26 Å². The van der Waals surface area contributed by atoms with Gasteiger partial charge in [-0.15, -0.1) is 10.2 Å². The van der Waals surface area contributed by atoms with E-state index >= 15 is 0 Å². The van der Waals surface area contributed by atoms with Crippen molar-refractivity contribution >= 4 is 17.8 Å². The first-order valence-electron chi connectivity index (χ1n) is 8.80. The molecule has 0 radical (unpaired) electrons. The van der Waals surface area contributed by atoms with Gasteiger partial charge in [-0.2, -0.15) is 0 Å². The number of imidazole rings is 1. The molecule has 3 aromatic heterocycles. The predicted molar refractivity (Wildman–Crippen MR) is 100 cm³/mol. The molecule has 8 heteroatoms. The molecule has 3 aromatic rings. The summed E-state index contributed by atoms with van der Waals surface area (Å²) in [6.45, 7) is 4.65. The lowest BCUT2D eigenvalue weighted by Crippen LogP contribution is -2.48. The van der Waals surface area contributed by atoms with E-state index in [1.165, 1.54) is 0 Å². The molecule has 0 atom stereocenters. The van der Waals surface area contributed by atoms with Crippen LogP contribution >= 0.6 is 0 Å². The minimum Gasteiger partial charge on any atom is -0.465 e. The van der Waals surface area contributed by atoms with Crippen LogP contribution in [0, 0.1) is 6.92 Å². The van der Waals surface area contributed by atoms with Crippen molar-refractivity contribution in [3.05, 3.63) is 60.6 Å². The van der Waals surface area contributed by atoms with E-state index in [0.717, 1.165) is 30.5 Å². The Bertz CT molecular complexity index is 922. The van der Waals surface area contributed by atoms with Crippen molar-refractivity contribution < 1.29 is 9.21 Å². The number of rotatable bonds is 4. The molecule has 8 nitrogen and oxygen atoms in total. The number of carbonyl (C=O) groups is 1. The summed E-state index contributed by atoms with van der Waals surface area (Å²) in [7, 11) is 0. The highest BCUT2D eigenvalue weighted by Gasteiger charge is 2.21. The lowest BCUT2D eigenvalue weighted by Gasteiger charge is -2.34. The van der Waals surface area contributed by atoms with E-state index in [2.05, 4.69) is 20.1 Å². The monoisotopic (exact) mass is 364 g/mol. The van der Waals surface area contributed by atoms with Crippen molar-refractivity contribution in [1.29, 1.82) is 0 Å². The fraction of sp³-hybridized carbons (Fsp3) is 0.263. The zero-order valence-electron chi connectivity index (χ0n) is 15.0. The number of amides is 1. The summed E-state index contributed by atoms with van der Waals surface area (Å²) in [6.07, 6.45) is 8.43. The number of aryl methyl sites for hydroxylation is 1. The number of carbonyl (C=O) groups excluding carboxylic acids is 1. The van der Waals surface area contributed by atoms with E-state index in [-0.39, 0.29) is 5.91 Å². The van der Waals surface area contributed by atoms with E-state index in [9.17, 15) is 4.79 Å². The summed E-state index contributed by atoms with van der Waals surface area (Å²) in [5.74, 6) is 3.08. The third kappa shape index (κ3) is 3.74. The van der Waals surface area contributed by atoms with Crippen LogP contribution in [0.4, 0.5) is 5.82 Å². The molecule has 4 heterocycles. The minimum absolute atomic E-state index is 0.0111. The van der Waals surface area contributed by atoms with Gasteiger partial charge in [0.2, 0.25) is 5.91 Å². The summed E-state index contributed by atoms with van der Waals surface area (Å²) in [5, 5.41) is 8.64. The van der Waals surface area contributed by atoms with Crippen LogP contribution in [0.3, 0.4) is 0 Å². The Morgan fingerprint density at radius 1 is 1.11 bits per heavy atom. The number of furan rings is 1. The highest BCUT2D eigenvalue weighted by Crippen LogP contribution is 2.15. The molecule has 0 aromatic carbocycles. The van der Waals surface area contributed by atoms with Crippen LogP contribution in [-0.2, 0) is 4.79 Å². The number of anilines is 1. The van der Waals surface area contributed by atoms with Gasteiger partial charge in [0.1, 0.15) is 11.6 Å². The van der Waals surface area contributed by atoms with Gasteiger partial charge in [-0.1, -0.05) is 0 Å². The second-order valence-corrected chi connectivity index (χ2v) is 6.26. The molecule has 0 spiro atoms. The highest BCUT2D eigenvalue weighted by atomic mass is 16.3. The Hall–Kier alpha value is -3.42. The Morgan fingerprint density at radius 2 is 1.89 bits per heavy atom. The number of hydrogen-bond acceptors (Lipinski definition) is 6. The minimum atomic E-state index is -0.0111. The van der Waals surface area contributed by atoms with Crippen LogP contribution in [0.25, 0.3) is 11.9 Å². The summed E-state index contributed by atoms with van der Waals surface area (Å²) < 4.78 is 7.09. The first-order valence-corrected chi connectivity index (χ1v) is 8.80. The molecule has 0 N–H and O–H groups in total. The van der Waals surface area contributed by atoms with Gasteiger partial charge in [0.25, 0.3) is 0 Å². The largest absolute Gasteiger partial charge is 0.465 e. The molecular weight excluding hydrogens is 344 g/mol. The number of nitrogens with zero attached hydrogens (tertiary/aromatic N) is 6. The second-order valence-electron chi connectivity index (χ2n) is 6.26. The van der Waals surface area contributed by atoms with Gasteiger partial charge in [0, 0.05) is 44.6 Å². The van der Waals surface area contributed by atoms with Gasteiger partial charge >= 0.3 is 0 Å². The first-order chi connectivity index (χ1) is 13.2. The lowest BCUT2D eigenvalue weighted by atomic mass is 10.3. The van der Waals surface area contributed by atoms with E-state index in [1.54, 1.807) is 30.7 Å². The lowest BCUT2D eigenvalue weighted by molar-refractivity contribution is -0.126. The number of hydrogen-bond donors (Lipinski definition) is 0. The number of aromatic nitrogens is 4. The quantitative estimate of drug-likeness (QED) is 0.658. The van der Waals surface area contributed by atoms with Crippen LogP contribution in [-0.4, -0.2) is 56.7 Å². The maximum absolute atomic E-state index is 12.3. The Balaban J connectivity index is 1.35. The Kier molecular flexibility index (Phi) is 4.69. The van der Waals surface area contributed by atoms with Gasteiger partial charge in [-0.3, -0.25) is 9.36 Å². The molecular formula is C19H20N6O2. The summed E-state index contributed by atoms with van der Waals surface area (Å²) >= 11 is 0.